The number of nitrogens with one attached hydrogen (secondary N) is 1. The Kier molecular flexibility index (Phi) is 4.27. The van der Waals surface area contributed by atoms with E-state index in [2.05, 4.69) is 12.2 Å². The summed E-state index contributed by atoms with van der Waals surface area (Å²) in [6, 6.07) is -0.488. The first-order valence-corrected chi connectivity index (χ1v) is 6.05. The maximum absolute atomic E-state index is 12.2. The van der Waals surface area contributed by atoms with E-state index in [9.17, 15) is 13.2 Å². The molecule has 1 saturated carbocycles. The molecule has 0 amide bonds. The van der Waals surface area contributed by atoms with Crippen molar-refractivity contribution in [2.24, 2.45) is 5.92 Å². The lowest BCUT2D eigenvalue weighted by atomic mass is 9.78. The van der Waals surface area contributed by atoms with Gasteiger partial charge in [0.05, 0.1) is 6.42 Å². The quantitative estimate of drug-likeness (QED) is 0.785. The van der Waals surface area contributed by atoms with Gasteiger partial charge in [0.1, 0.15) is 0 Å². The van der Waals surface area contributed by atoms with Crippen LogP contribution in [0, 0.1) is 5.92 Å². The number of hydrogen-bond acceptors (Lipinski definition) is 1. The molecule has 0 spiro atoms. The van der Waals surface area contributed by atoms with Crippen LogP contribution in [0.1, 0.15) is 52.9 Å². The van der Waals surface area contributed by atoms with E-state index in [4.69, 9.17) is 0 Å². The molecule has 0 aliphatic heterocycles. The molecule has 1 rings (SSSR count). The molecule has 0 bridgehead atoms. The lowest BCUT2D eigenvalue weighted by Gasteiger charge is -2.39. The van der Waals surface area contributed by atoms with Gasteiger partial charge in [0, 0.05) is 11.6 Å². The minimum Gasteiger partial charge on any atom is -0.309 e. The first kappa shape index (κ1) is 13.8. The van der Waals surface area contributed by atoms with Gasteiger partial charge in [-0.1, -0.05) is 6.92 Å². The molecule has 0 heterocycles. The normalized spacial score (nSPS) is 33.8. The van der Waals surface area contributed by atoms with E-state index in [0.717, 1.165) is 25.7 Å². The number of alkyl halides is 3. The first-order chi connectivity index (χ1) is 7.20. The Bertz CT molecular complexity index is 217. The fraction of sp³-hybridized carbons (Fsp3) is 1.00. The van der Waals surface area contributed by atoms with E-state index in [1.165, 1.54) is 0 Å². The summed E-state index contributed by atoms with van der Waals surface area (Å²) < 4.78 is 36.6. The van der Waals surface area contributed by atoms with Gasteiger partial charge in [-0.25, -0.2) is 0 Å². The van der Waals surface area contributed by atoms with Gasteiger partial charge in [-0.3, -0.25) is 0 Å². The van der Waals surface area contributed by atoms with Gasteiger partial charge in [-0.05, 0) is 45.4 Å². The second kappa shape index (κ2) is 4.94. The molecule has 1 aliphatic carbocycles. The van der Waals surface area contributed by atoms with E-state index < -0.39 is 18.6 Å². The van der Waals surface area contributed by atoms with Crippen LogP contribution in [0.5, 0.6) is 0 Å². The molecule has 96 valence electrons. The maximum atomic E-state index is 12.2. The standard InChI is InChI=1S/C12H22F3N/c1-9-4-6-11(3,7-5-9)16-10(2)8-12(13,14)15/h9-10,16H,4-8H2,1-3H3. The molecule has 0 aromatic carbocycles. The molecule has 1 atom stereocenters. The maximum Gasteiger partial charge on any atom is 0.390 e. The summed E-state index contributed by atoms with van der Waals surface area (Å²) in [5, 5.41) is 3.15. The molecule has 4 heteroatoms. The fourth-order valence-corrected chi connectivity index (χ4v) is 2.54. The number of rotatable bonds is 3. The van der Waals surface area contributed by atoms with Gasteiger partial charge in [0.15, 0.2) is 0 Å². The van der Waals surface area contributed by atoms with Crippen molar-refractivity contribution in [3.63, 3.8) is 0 Å². The summed E-state index contributed by atoms with van der Waals surface area (Å²) in [7, 11) is 0. The molecule has 1 fully saturated rings. The smallest absolute Gasteiger partial charge is 0.309 e. The Morgan fingerprint density at radius 1 is 1.31 bits per heavy atom. The summed E-state index contributed by atoms with van der Waals surface area (Å²) in [6.45, 7) is 5.88. The van der Waals surface area contributed by atoms with Gasteiger partial charge >= 0.3 is 6.18 Å². The molecule has 1 nitrogen and oxygen atoms in total. The molecular formula is C12H22F3N. The van der Waals surface area contributed by atoms with Crippen LogP contribution in [0.15, 0.2) is 0 Å². The van der Waals surface area contributed by atoms with Crippen LogP contribution in [0.25, 0.3) is 0 Å². The average molecular weight is 237 g/mol. The second-order valence-corrected chi connectivity index (χ2v) is 5.61. The number of hydrogen-bond donors (Lipinski definition) is 1. The van der Waals surface area contributed by atoms with Gasteiger partial charge in [-0.2, -0.15) is 13.2 Å². The molecule has 1 N–H and O–H groups in total. The largest absolute Gasteiger partial charge is 0.390 e. The average Bonchev–Trinajstić information content (AvgIpc) is 2.07. The highest BCUT2D eigenvalue weighted by Crippen LogP contribution is 2.32. The van der Waals surface area contributed by atoms with Crippen molar-refractivity contribution in [3.05, 3.63) is 0 Å². The van der Waals surface area contributed by atoms with Crippen molar-refractivity contribution in [1.29, 1.82) is 0 Å². The van der Waals surface area contributed by atoms with Crippen LogP contribution in [-0.2, 0) is 0 Å². The Labute approximate surface area is 95.8 Å². The summed E-state index contributed by atoms with van der Waals surface area (Å²) in [4.78, 5) is 0. The minimum atomic E-state index is -4.06. The predicted molar refractivity (Wildman–Crippen MR) is 59.3 cm³/mol. The van der Waals surface area contributed by atoms with Crippen LogP contribution < -0.4 is 5.32 Å². The van der Waals surface area contributed by atoms with Crippen molar-refractivity contribution >= 4 is 0 Å². The summed E-state index contributed by atoms with van der Waals surface area (Å²) in [5.41, 5.74) is -0.100. The van der Waals surface area contributed by atoms with Crippen LogP contribution in [0.4, 0.5) is 13.2 Å². The third-order valence-corrected chi connectivity index (χ3v) is 3.51. The molecule has 0 aromatic rings. The molecular weight excluding hydrogens is 215 g/mol. The lowest BCUT2D eigenvalue weighted by Crippen LogP contribution is -2.50. The van der Waals surface area contributed by atoms with Crippen molar-refractivity contribution < 1.29 is 13.2 Å². The van der Waals surface area contributed by atoms with Crippen molar-refractivity contribution in [2.45, 2.75) is 70.6 Å². The summed E-state index contributed by atoms with van der Waals surface area (Å²) >= 11 is 0. The summed E-state index contributed by atoms with van der Waals surface area (Å²) in [5.74, 6) is 0.716. The molecule has 0 radical (unpaired) electrons. The minimum absolute atomic E-state index is 0.100. The van der Waals surface area contributed by atoms with E-state index >= 15 is 0 Å². The lowest BCUT2D eigenvalue weighted by molar-refractivity contribution is -0.140. The zero-order chi connectivity index (χ0) is 12.4. The third kappa shape index (κ3) is 4.73. The van der Waals surface area contributed by atoms with Crippen LogP contribution in [0.3, 0.4) is 0 Å². The zero-order valence-electron chi connectivity index (χ0n) is 10.3. The third-order valence-electron chi connectivity index (χ3n) is 3.51. The molecule has 1 aliphatic rings. The van der Waals surface area contributed by atoms with Gasteiger partial charge in [0.25, 0.3) is 0 Å². The highest BCUT2D eigenvalue weighted by Gasteiger charge is 2.35. The van der Waals surface area contributed by atoms with Crippen molar-refractivity contribution in [3.8, 4) is 0 Å². The van der Waals surface area contributed by atoms with Gasteiger partial charge in [-0.15, -0.1) is 0 Å². The van der Waals surface area contributed by atoms with E-state index in [1.54, 1.807) is 6.92 Å². The zero-order valence-corrected chi connectivity index (χ0v) is 10.3. The highest BCUT2D eigenvalue weighted by molar-refractivity contribution is 4.90. The fourth-order valence-electron chi connectivity index (χ4n) is 2.54. The molecule has 0 aromatic heterocycles. The topological polar surface area (TPSA) is 12.0 Å². The molecule has 1 unspecified atom stereocenters. The predicted octanol–water partition coefficient (Wildman–Crippen LogP) is 3.89. The Morgan fingerprint density at radius 3 is 2.25 bits per heavy atom. The monoisotopic (exact) mass is 237 g/mol. The SMILES string of the molecule is CC1CCC(C)(NC(C)CC(F)(F)F)CC1. The van der Waals surface area contributed by atoms with Gasteiger partial charge < -0.3 is 5.32 Å². The molecule has 0 saturated heterocycles. The van der Waals surface area contributed by atoms with E-state index in [0.29, 0.717) is 5.92 Å². The van der Waals surface area contributed by atoms with Crippen LogP contribution in [0.2, 0.25) is 0 Å². The van der Waals surface area contributed by atoms with E-state index in [1.807, 2.05) is 6.92 Å². The van der Waals surface area contributed by atoms with E-state index in [-0.39, 0.29) is 5.54 Å². The van der Waals surface area contributed by atoms with Crippen LogP contribution in [-0.4, -0.2) is 17.8 Å². The van der Waals surface area contributed by atoms with Crippen LogP contribution >= 0.6 is 0 Å². The Balaban J connectivity index is 2.41. The number of halogens is 3. The summed E-state index contributed by atoms with van der Waals surface area (Å²) in [6.07, 6.45) is -0.611. The first-order valence-electron chi connectivity index (χ1n) is 6.05. The Hall–Kier alpha value is -0.250. The molecule has 16 heavy (non-hydrogen) atoms. The highest BCUT2D eigenvalue weighted by atomic mass is 19.4. The van der Waals surface area contributed by atoms with Crippen molar-refractivity contribution in [1.82, 2.24) is 5.32 Å². The second-order valence-electron chi connectivity index (χ2n) is 5.61. The Morgan fingerprint density at radius 2 is 1.81 bits per heavy atom. The van der Waals surface area contributed by atoms with Crippen molar-refractivity contribution in [2.75, 3.05) is 0 Å². The van der Waals surface area contributed by atoms with Gasteiger partial charge in [0.2, 0.25) is 0 Å².